The van der Waals surface area contributed by atoms with Crippen molar-refractivity contribution in [1.82, 2.24) is 9.97 Å². The molecule has 4 nitrogen and oxygen atoms in total. The van der Waals surface area contributed by atoms with Gasteiger partial charge in [-0.25, -0.2) is 9.97 Å². The van der Waals surface area contributed by atoms with E-state index < -0.39 is 42.9 Å². The molecule has 22 heavy (non-hydrogen) atoms. The quantitative estimate of drug-likeness (QED) is 0.796. The Kier molecular flexibility index (Phi) is 4.97. The Morgan fingerprint density at radius 2 is 1.41 bits per heavy atom. The molecule has 1 heterocycles. The first-order valence-electron chi connectivity index (χ1n) is 5.79. The molecule has 0 atom stereocenters. The van der Waals surface area contributed by atoms with Gasteiger partial charge in [-0.3, -0.25) is 0 Å². The van der Waals surface area contributed by atoms with Gasteiger partial charge in [0.25, 0.3) is 0 Å². The van der Waals surface area contributed by atoms with Gasteiger partial charge >= 0.3 is 12.4 Å². The van der Waals surface area contributed by atoms with Crippen molar-refractivity contribution in [3.05, 3.63) is 23.8 Å². The molecule has 0 radical (unpaired) electrons. The molecule has 0 aliphatic rings. The molecule has 0 saturated carbocycles. The fraction of sp³-hybridized carbons (Fsp3) is 0.500. The predicted octanol–water partition coefficient (Wildman–Crippen LogP) is 3.41. The van der Waals surface area contributed by atoms with Gasteiger partial charge in [0.05, 0.1) is 12.1 Å². The summed E-state index contributed by atoms with van der Waals surface area (Å²) in [5.74, 6) is -1.41. The van der Waals surface area contributed by atoms with Crippen molar-refractivity contribution >= 4 is 0 Å². The topological polar surface area (TPSA) is 73.4 Å². The van der Waals surface area contributed by atoms with Gasteiger partial charge in [-0.15, -0.1) is 0 Å². The minimum Gasteiger partial charge on any atom is -0.233 e. The Hall–Kier alpha value is -2.36. The lowest BCUT2D eigenvalue weighted by Crippen LogP contribution is -2.23. The maximum atomic E-state index is 12.3. The molecular formula is C12H8F6N4. The van der Waals surface area contributed by atoms with Crippen molar-refractivity contribution in [1.29, 1.82) is 10.5 Å². The van der Waals surface area contributed by atoms with Crippen LogP contribution in [-0.2, 0) is 12.6 Å². The smallest absolute Gasteiger partial charge is 0.233 e. The second kappa shape index (κ2) is 6.18. The molecule has 0 amide bonds. The highest BCUT2D eigenvalue weighted by Crippen LogP contribution is 2.33. The number of rotatable bonds is 4. The molecule has 0 fully saturated rings. The van der Waals surface area contributed by atoms with Crippen LogP contribution in [0.4, 0.5) is 26.3 Å². The zero-order valence-electron chi connectivity index (χ0n) is 10.8. The Labute approximate surface area is 121 Å². The molecule has 0 spiro atoms. The van der Waals surface area contributed by atoms with Crippen LogP contribution in [0.15, 0.2) is 12.4 Å². The number of aromatic nitrogens is 2. The van der Waals surface area contributed by atoms with Gasteiger partial charge in [-0.05, 0) is 12.0 Å². The fourth-order valence-corrected chi connectivity index (χ4v) is 1.60. The number of nitriles is 2. The van der Waals surface area contributed by atoms with Crippen molar-refractivity contribution in [2.45, 2.75) is 31.6 Å². The van der Waals surface area contributed by atoms with Gasteiger partial charge in [0.1, 0.15) is 5.41 Å². The van der Waals surface area contributed by atoms with Gasteiger partial charge < -0.3 is 0 Å². The van der Waals surface area contributed by atoms with E-state index in [1.807, 2.05) is 0 Å². The maximum absolute atomic E-state index is 12.3. The number of halogens is 6. The molecule has 0 bridgehead atoms. The van der Waals surface area contributed by atoms with Crippen molar-refractivity contribution < 1.29 is 26.3 Å². The molecule has 1 rings (SSSR count). The Morgan fingerprint density at radius 3 is 1.77 bits per heavy atom. The predicted molar refractivity (Wildman–Crippen MR) is 59.7 cm³/mol. The highest BCUT2D eigenvalue weighted by atomic mass is 19.4. The summed E-state index contributed by atoms with van der Waals surface area (Å²) in [6.45, 7) is 0. The normalized spacial score (nSPS) is 12.5. The van der Waals surface area contributed by atoms with Crippen LogP contribution in [0.25, 0.3) is 0 Å². The standard InChI is InChI=1S/C12H8F6N4/c13-11(14,15)2-1-10(6-19,7-20)3-8-4-21-9(22-5-8)12(16,17)18/h4-5H,1-3H2. The molecule has 0 aliphatic carbocycles. The van der Waals surface area contributed by atoms with Gasteiger partial charge in [-0.1, -0.05) is 0 Å². The lowest BCUT2D eigenvalue weighted by atomic mass is 9.81. The van der Waals surface area contributed by atoms with E-state index in [4.69, 9.17) is 10.5 Å². The van der Waals surface area contributed by atoms with Gasteiger partial charge in [0, 0.05) is 25.2 Å². The van der Waals surface area contributed by atoms with E-state index in [1.165, 1.54) is 12.1 Å². The van der Waals surface area contributed by atoms with Crippen LogP contribution in [0.5, 0.6) is 0 Å². The summed E-state index contributed by atoms with van der Waals surface area (Å²) in [6, 6.07) is 2.98. The molecule has 1 aromatic heterocycles. The summed E-state index contributed by atoms with van der Waals surface area (Å²) in [5.41, 5.74) is -2.03. The summed E-state index contributed by atoms with van der Waals surface area (Å²) < 4.78 is 73.5. The van der Waals surface area contributed by atoms with Crippen molar-refractivity contribution in [3.8, 4) is 12.1 Å². The van der Waals surface area contributed by atoms with E-state index in [0.717, 1.165) is 12.4 Å². The maximum Gasteiger partial charge on any atom is 0.451 e. The van der Waals surface area contributed by atoms with Crippen molar-refractivity contribution in [3.63, 3.8) is 0 Å². The van der Waals surface area contributed by atoms with E-state index in [-0.39, 0.29) is 5.56 Å². The molecule has 118 valence electrons. The van der Waals surface area contributed by atoms with Crippen LogP contribution < -0.4 is 0 Å². The Bertz CT molecular complexity index is 577. The summed E-state index contributed by atoms with van der Waals surface area (Å²) >= 11 is 0. The van der Waals surface area contributed by atoms with Crippen molar-refractivity contribution in [2.75, 3.05) is 0 Å². The Morgan fingerprint density at radius 1 is 0.909 bits per heavy atom. The first-order chi connectivity index (χ1) is 10.0. The third-order valence-corrected chi connectivity index (χ3v) is 2.73. The average molecular weight is 322 g/mol. The first kappa shape index (κ1) is 17.7. The SMILES string of the molecule is N#CC(C#N)(CCC(F)(F)F)Cc1cnc(C(F)(F)F)nc1. The summed E-state index contributed by atoms with van der Waals surface area (Å²) in [6.07, 6.45) is -10.4. The minimum absolute atomic E-state index is 0.0294. The summed E-state index contributed by atoms with van der Waals surface area (Å²) in [7, 11) is 0. The van der Waals surface area contributed by atoms with E-state index in [1.54, 1.807) is 0 Å². The first-order valence-corrected chi connectivity index (χ1v) is 5.79. The van der Waals surface area contributed by atoms with Gasteiger partial charge in [0.2, 0.25) is 5.82 Å². The fourth-order valence-electron chi connectivity index (χ4n) is 1.60. The molecule has 0 unspecified atom stereocenters. The average Bonchev–Trinajstić information content (AvgIpc) is 2.42. The van der Waals surface area contributed by atoms with Crippen LogP contribution in [0.2, 0.25) is 0 Å². The van der Waals surface area contributed by atoms with Crippen LogP contribution in [0, 0.1) is 28.1 Å². The van der Waals surface area contributed by atoms with Crippen molar-refractivity contribution in [2.24, 2.45) is 5.41 Å². The lowest BCUT2D eigenvalue weighted by molar-refractivity contribution is -0.145. The minimum atomic E-state index is -4.75. The molecular weight excluding hydrogens is 314 g/mol. The zero-order valence-corrected chi connectivity index (χ0v) is 10.8. The zero-order chi connectivity index (χ0) is 17.0. The number of hydrogen-bond donors (Lipinski definition) is 0. The number of hydrogen-bond acceptors (Lipinski definition) is 4. The highest BCUT2D eigenvalue weighted by Gasteiger charge is 2.38. The number of alkyl halides is 6. The monoisotopic (exact) mass is 322 g/mol. The van der Waals surface area contributed by atoms with E-state index in [9.17, 15) is 26.3 Å². The summed E-state index contributed by atoms with van der Waals surface area (Å²) in [5, 5.41) is 17.9. The van der Waals surface area contributed by atoms with Gasteiger partial charge in [-0.2, -0.15) is 36.9 Å². The van der Waals surface area contributed by atoms with Crippen LogP contribution in [-0.4, -0.2) is 16.1 Å². The second-order valence-corrected chi connectivity index (χ2v) is 4.51. The third-order valence-electron chi connectivity index (χ3n) is 2.73. The second-order valence-electron chi connectivity index (χ2n) is 4.51. The molecule has 1 aromatic rings. The number of nitrogens with zero attached hydrogens (tertiary/aromatic N) is 4. The molecule has 0 saturated heterocycles. The molecule has 0 N–H and O–H groups in total. The van der Waals surface area contributed by atoms with Crippen LogP contribution >= 0.6 is 0 Å². The summed E-state index contributed by atoms with van der Waals surface area (Å²) in [4.78, 5) is 6.07. The molecule has 0 aliphatic heterocycles. The largest absolute Gasteiger partial charge is 0.451 e. The van der Waals surface area contributed by atoms with Crippen LogP contribution in [0.1, 0.15) is 24.2 Å². The Balaban J connectivity index is 2.93. The molecule has 0 aromatic carbocycles. The van der Waals surface area contributed by atoms with Gasteiger partial charge in [0.15, 0.2) is 0 Å². The van der Waals surface area contributed by atoms with E-state index >= 15 is 0 Å². The van der Waals surface area contributed by atoms with E-state index in [2.05, 4.69) is 9.97 Å². The third kappa shape index (κ3) is 4.88. The highest BCUT2D eigenvalue weighted by molar-refractivity contribution is 5.21. The van der Waals surface area contributed by atoms with Crippen LogP contribution in [0.3, 0.4) is 0 Å². The lowest BCUT2D eigenvalue weighted by Gasteiger charge is -2.19. The van der Waals surface area contributed by atoms with E-state index in [0.29, 0.717) is 0 Å². The molecule has 10 heteroatoms.